The molecular formula is C13H22N6S. The van der Waals surface area contributed by atoms with E-state index in [0.29, 0.717) is 16.4 Å². The summed E-state index contributed by atoms with van der Waals surface area (Å²) in [5.41, 5.74) is 5.88. The van der Waals surface area contributed by atoms with E-state index in [4.69, 9.17) is 5.73 Å². The zero-order chi connectivity index (χ0) is 14.1. The number of nitrogen functional groups attached to an aromatic ring is 1. The summed E-state index contributed by atoms with van der Waals surface area (Å²) in [6.45, 7) is 8.48. The first kappa shape index (κ1) is 13.7. The maximum atomic E-state index is 5.88. The average molecular weight is 294 g/mol. The van der Waals surface area contributed by atoms with Crippen LogP contribution in [0, 0.1) is 0 Å². The summed E-state index contributed by atoms with van der Waals surface area (Å²) < 4.78 is 0. The topological polar surface area (TPSA) is 71.2 Å². The van der Waals surface area contributed by atoms with Crippen molar-refractivity contribution >= 4 is 29.6 Å². The number of nitrogens with two attached hydrogens (primary N) is 1. The Labute approximate surface area is 124 Å². The minimum Gasteiger partial charge on any atom is -0.368 e. The normalized spacial score (nSPS) is 27.1. The SMILES string of the molecule is CC1CN(c2nc(N)nc(N3CCCC3)n2)CC(C)S1. The maximum absolute atomic E-state index is 5.88. The summed E-state index contributed by atoms with van der Waals surface area (Å²) in [6, 6.07) is 0. The number of aromatic nitrogens is 3. The van der Waals surface area contributed by atoms with Crippen molar-refractivity contribution in [3.8, 4) is 0 Å². The maximum Gasteiger partial charge on any atom is 0.232 e. The molecular weight excluding hydrogens is 272 g/mol. The van der Waals surface area contributed by atoms with Crippen molar-refractivity contribution in [1.29, 1.82) is 0 Å². The summed E-state index contributed by atoms with van der Waals surface area (Å²) in [5.74, 6) is 1.80. The van der Waals surface area contributed by atoms with E-state index in [1.54, 1.807) is 0 Å². The molecule has 2 fully saturated rings. The summed E-state index contributed by atoms with van der Waals surface area (Å²) in [7, 11) is 0. The molecule has 0 aromatic carbocycles. The highest BCUT2D eigenvalue weighted by molar-refractivity contribution is 8.00. The van der Waals surface area contributed by atoms with Crippen LogP contribution in [-0.4, -0.2) is 51.6 Å². The van der Waals surface area contributed by atoms with Crippen molar-refractivity contribution in [2.75, 3.05) is 41.7 Å². The van der Waals surface area contributed by atoms with Gasteiger partial charge in [-0.2, -0.15) is 26.7 Å². The van der Waals surface area contributed by atoms with Gasteiger partial charge in [0.25, 0.3) is 0 Å². The minimum atomic E-state index is 0.329. The molecule has 2 atom stereocenters. The van der Waals surface area contributed by atoms with E-state index in [1.165, 1.54) is 12.8 Å². The number of nitrogens with zero attached hydrogens (tertiary/aromatic N) is 5. The Hall–Kier alpha value is -1.24. The van der Waals surface area contributed by atoms with Gasteiger partial charge in [-0.3, -0.25) is 0 Å². The van der Waals surface area contributed by atoms with Crippen molar-refractivity contribution in [3.05, 3.63) is 0 Å². The van der Waals surface area contributed by atoms with E-state index >= 15 is 0 Å². The van der Waals surface area contributed by atoms with Gasteiger partial charge < -0.3 is 15.5 Å². The van der Waals surface area contributed by atoms with Crippen molar-refractivity contribution in [2.45, 2.75) is 37.2 Å². The minimum absolute atomic E-state index is 0.329. The molecule has 2 unspecified atom stereocenters. The van der Waals surface area contributed by atoms with Crippen LogP contribution < -0.4 is 15.5 Å². The van der Waals surface area contributed by atoms with Crippen molar-refractivity contribution in [1.82, 2.24) is 15.0 Å². The van der Waals surface area contributed by atoms with Crippen LogP contribution in [0.2, 0.25) is 0 Å². The third-order valence-corrected chi connectivity index (χ3v) is 4.95. The summed E-state index contributed by atoms with van der Waals surface area (Å²) in [4.78, 5) is 17.7. The van der Waals surface area contributed by atoms with E-state index in [0.717, 1.165) is 38.1 Å². The molecule has 2 N–H and O–H groups in total. The third kappa shape index (κ3) is 2.92. The second-order valence-corrected chi connectivity index (χ2v) is 7.53. The lowest BCUT2D eigenvalue weighted by molar-refractivity contribution is 0.702. The Kier molecular flexibility index (Phi) is 3.87. The van der Waals surface area contributed by atoms with Crippen molar-refractivity contribution in [3.63, 3.8) is 0 Å². The summed E-state index contributed by atoms with van der Waals surface area (Å²) in [6.07, 6.45) is 2.41. The quantitative estimate of drug-likeness (QED) is 0.883. The average Bonchev–Trinajstić information content (AvgIpc) is 2.90. The van der Waals surface area contributed by atoms with Crippen molar-refractivity contribution in [2.24, 2.45) is 0 Å². The number of hydrogen-bond donors (Lipinski definition) is 1. The van der Waals surface area contributed by atoms with Crippen LogP contribution in [0.5, 0.6) is 0 Å². The first-order chi connectivity index (χ1) is 9.61. The summed E-state index contributed by atoms with van der Waals surface area (Å²) >= 11 is 2.02. The van der Waals surface area contributed by atoms with E-state index in [9.17, 15) is 0 Å². The predicted octanol–water partition coefficient (Wildman–Crippen LogP) is 1.38. The first-order valence-corrected chi connectivity index (χ1v) is 8.23. The van der Waals surface area contributed by atoms with E-state index in [2.05, 4.69) is 38.6 Å². The van der Waals surface area contributed by atoms with E-state index < -0.39 is 0 Å². The Morgan fingerprint density at radius 2 is 1.50 bits per heavy atom. The second-order valence-electron chi connectivity index (χ2n) is 5.65. The molecule has 6 nitrogen and oxygen atoms in total. The van der Waals surface area contributed by atoms with Crippen LogP contribution in [0.4, 0.5) is 17.8 Å². The fourth-order valence-electron chi connectivity index (χ4n) is 2.91. The fraction of sp³-hybridized carbons (Fsp3) is 0.769. The fourth-order valence-corrected chi connectivity index (χ4v) is 4.24. The largest absolute Gasteiger partial charge is 0.368 e. The molecule has 1 aromatic rings. The van der Waals surface area contributed by atoms with E-state index in [-0.39, 0.29) is 0 Å². The zero-order valence-electron chi connectivity index (χ0n) is 12.1. The Morgan fingerprint density at radius 3 is 2.10 bits per heavy atom. The van der Waals surface area contributed by atoms with Gasteiger partial charge in [0, 0.05) is 36.7 Å². The van der Waals surface area contributed by atoms with Gasteiger partial charge in [0.1, 0.15) is 0 Å². The molecule has 0 saturated carbocycles. The molecule has 3 rings (SSSR count). The van der Waals surface area contributed by atoms with Gasteiger partial charge in [-0.05, 0) is 12.8 Å². The third-order valence-electron chi connectivity index (χ3n) is 3.72. The lowest BCUT2D eigenvalue weighted by Crippen LogP contribution is -2.41. The number of rotatable bonds is 2. The van der Waals surface area contributed by atoms with Crippen LogP contribution in [0.15, 0.2) is 0 Å². The smallest absolute Gasteiger partial charge is 0.232 e. The van der Waals surface area contributed by atoms with Gasteiger partial charge in [0.05, 0.1) is 0 Å². The molecule has 0 bridgehead atoms. The second kappa shape index (κ2) is 5.63. The molecule has 7 heteroatoms. The summed E-state index contributed by atoms with van der Waals surface area (Å²) in [5, 5.41) is 1.18. The first-order valence-electron chi connectivity index (χ1n) is 7.29. The monoisotopic (exact) mass is 294 g/mol. The lowest BCUT2D eigenvalue weighted by Gasteiger charge is -2.34. The molecule has 0 spiro atoms. The van der Waals surface area contributed by atoms with Crippen LogP contribution in [0.3, 0.4) is 0 Å². The predicted molar refractivity (Wildman–Crippen MR) is 84.4 cm³/mol. The van der Waals surface area contributed by atoms with Crippen LogP contribution in [0.25, 0.3) is 0 Å². The Bertz CT molecular complexity index is 466. The number of hydrogen-bond acceptors (Lipinski definition) is 7. The van der Waals surface area contributed by atoms with Gasteiger partial charge in [0.2, 0.25) is 17.8 Å². The van der Waals surface area contributed by atoms with Gasteiger partial charge in [-0.25, -0.2) is 0 Å². The molecule has 110 valence electrons. The Balaban J connectivity index is 1.85. The molecule has 0 amide bonds. The van der Waals surface area contributed by atoms with Crippen LogP contribution in [0.1, 0.15) is 26.7 Å². The van der Waals surface area contributed by atoms with Gasteiger partial charge in [-0.15, -0.1) is 0 Å². The molecule has 0 radical (unpaired) electrons. The van der Waals surface area contributed by atoms with Crippen molar-refractivity contribution < 1.29 is 0 Å². The molecule has 2 aliphatic heterocycles. The standard InChI is InChI=1S/C13H22N6S/c1-9-7-19(8-10(2)20-9)13-16-11(14)15-12(17-13)18-5-3-4-6-18/h9-10H,3-8H2,1-2H3,(H2,14,15,16,17). The zero-order valence-corrected chi connectivity index (χ0v) is 12.9. The highest BCUT2D eigenvalue weighted by Gasteiger charge is 2.26. The molecule has 3 heterocycles. The van der Waals surface area contributed by atoms with Crippen LogP contribution in [-0.2, 0) is 0 Å². The number of anilines is 3. The van der Waals surface area contributed by atoms with Gasteiger partial charge in [-0.1, -0.05) is 13.8 Å². The highest BCUT2D eigenvalue weighted by atomic mass is 32.2. The molecule has 1 aromatic heterocycles. The van der Waals surface area contributed by atoms with E-state index in [1.807, 2.05) is 11.8 Å². The number of thioether (sulfide) groups is 1. The molecule has 2 aliphatic rings. The molecule has 2 saturated heterocycles. The Morgan fingerprint density at radius 1 is 0.950 bits per heavy atom. The van der Waals surface area contributed by atoms with Gasteiger partial charge in [0.15, 0.2) is 0 Å². The van der Waals surface area contributed by atoms with Gasteiger partial charge >= 0.3 is 0 Å². The lowest BCUT2D eigenvalue weighted by atomic mass is 10.3. The molecule has 20 heavy (non-hydrogen) atoms. The van der Waals surface area contributed by atoms with Crippen LogP contribution >= 0.6 is 11.8 Å². The highest BCUT2D eigenvalue weighted by Crippen LogP contribution is 2.28. The molecule has 0 aliphatic carbocycles.